The highest BCUT2D eigenvalue weighted by Crippen LogP contribution is 2.16. The van der Waals surface area contributed by atoms with Crippen LogP contribution in [-0.4, -0.2) is 43.5 Å². The molecule has 1 unspecified atom stereocenters. The van der Waals surface area contributed by atoms with E-state index in [4.69, 9.17) is 4.74 Å². The largest absolute Gasteiger partial charge is 0.380 e. The maximum atomic E-state index is 13.5. The molecule has 0 radical (unpaired) electrons. The number of halogens is 2. The van der Waals surface area contributed by atoms with Gasteiger partial charge in [-0.15, -0.1) is 0 Å². The van der Waals surface area contributed by atoms with Gasteiger partial charge in [-0.25, -0.2) is 8.78 Å². The van der Waals surface area contributed by atoms with Crippen LogP contribution in [0.2, 0.25) is 0 Å². The summed E-state index contributed by atoms with van der Waals surface area (Å²) in [6.45, 7) is 2.25. The van der Waals surface area contributed by atoms with Crippen molar-refractivity contribution in [3.63, 3.8) is 0 Å². The number of methoxy groups -OCH3 is 1. The van der Waals surface area contributed by atoms with Gasteiger partial charge in [0.1, 0.15) is 0 Å². The van der Waals surface area contributed by atoms with Crippen molar-refractivity contribution in [2.75, 3.05) is 26.7 Å². The molecule has 5 heteroatoms. The van der Waals surface area contributed by atoms with Crippen molar-refractivity contribution in [3.8, 4) is 0 Å². The van der Waals surface area contributed by atoms with Gasteiger partial charge in [0, 0.05) is 26.6 Å². The molecule has 1 saturated heterocycles. The molecule has 0 aliphatic carbocycles. The maximum Gasteiger partial charge on any atom is 0.169 e. The first-order valence-electron chi connectivity index (χ1n) is 6.84. The average molecular weight is 283 g/mol. The number of benzene rings is 1. The van der Waals surface area contributed by atoms with E-state index in [-0.39, 0.29) is 23.9 Å². The molecular weight excluding hydrogens is 264 g/mol. The van der Waals surface area contributed by atoms with Crippen LogP contribution < -0.4 is 0 Å². The zero-order chi connectivity index (χ0) is 14.5. The van der Waals surface area contributed by atoms with Crippen LogP contribution in [0.4, 0.5) is 8.78 Å². The quantitative estimate of drug-likeness (QED) is 0.778. The van der Waals surface area contributed by atoms with Gasteiger partial charge in [-0.3, -0.25) is 4.79 Å². The van der Waals surface area contributed by atoms with E-state index in [1.54, 1.807) is 7.11 Å². The van der Waals surface area contributed by atoms with Gasteiger partial charge in [0.25, 0.3) is 0 Å². The van der Waals surface area contributed by atoms with Gasteiger partial charge in [0.2, 0.25) is 0 Å². The van der Waals surface area contributed by atoms with E-state index in [2.05, 4.69) is 4.90 Å². The summed E-state index contributed by atoms with van der Waals surface area (Å²) < 4.78 is 31.9. The lowest BCUT2D eigenvalue weighted by Gasteiger charge is -2.31. The summed E-state index contributed by atoms with van der Waals surface area (Å²) in [6, 6.07) is 3.70. The van der Waals surface area contributed by atoms with Crippen LogP contribution in [0.25, 0.3) is 0 Å². The molecule has 1 aliphatic heterocycles. The maximum absolute atomic E-state index is 13.5. The summed E-state index contributed by atoms with van der Waals surface area (Å²) in [5.74, 6) is -2.39. The van der Waals surface area contributed by atoms with Gasteiger partial charge in [-0.2, -0.15) is 0 Å². The highest BCUT2D eigenvalue weighted by molar-refractivity contribution is 5.96. The number of hydrogen-bond donors (Lipinski definition) is 0. The van der Waals surface area contributed by atoms with Gasteiger partial charge >= 0.3 is 0 Å². The molecule has 0 N–H and O–H groups in total. The predicted octanol–water partition coefficient (Wildman–Crippen LogP) is 2.65. The number of likely N-dealkylation sites (tertiary alicyclic amines) is 1. The fourth-order valence-corrected chi connectivity index (χ4v) is 2.52. The molecule has 0 saturated carbocycles. The molecule has 2 rings (SSSR count). The number of hydrogen-bond acceptors (Lipinski definition) is 3. The molecule has 1 aliphatic rings. The fourth-order valence-electron chi connectivity index (χ4n) is 2.52. The van der Waals surface area contributed by atoms with Crippen molar-refractivity contribution >= 4 is 5.78 Å². The van der Waals surface area contributed by atoms with Crippen LogP contribution in [0.1, 0.15) is 29.6 Å². The van der Waals surface area contributed by atoms with Crippen LogP contribution in [0.15, 0.2) is 18.2 Å². The number of ketones is 1. The van der Waals surface area contributed by atoms with Crippen LogP contribution in [-0.2, 0) is 4.74 Å². The van der Waals surface area contributed by atoms with Crippen molar-refractivity contribution < 1.29 is 18.3 Å². The Labute approximate surface area is 117 Å². The molecule has 3 nitrogen and oxygen atoms in total. The second kappa shape index (κ2) is 6.90. The van der Waals surface area contributed by atoms with Gasteiger partial charge < -0.3 is 9.64 Å². The van der Waals surface area contributed by atoms with E-state index in [9.17, 15) is 13.6 Å². The van der Waals surface area contributed by atoms with Crippen LogP contribution in [0.3, 0.4) is 0 Å². The summed E-state index contributed by atoms with van der Waals surface area (Å²) in [4.78, 5) is 14.1. The Hall–Kier alpha value is -1.33. The van der Waals surface area contributed by atoms with Crippen LogP contribution >= 0.6 is 0 Å². The lowest BCUT2D eigenvalue weighted by Crippen LogP contribution is -2.40. The third-order valence-corrected chi connectivity index (χ3v) is 3.70. The first kappa shape index (κ1) is 15.1. The Balaban J connectivity index is 1.90. The molecule has 1 heterocycles. The van der Waals surface area contributed by atoms with E-state index in [1.807, 2.05) is 0 Å². The number of carbonyl (C=O) groups is 1. The standard InChI is InChI=1S/C15H19F2NO2/c1-20-11-4-3-8-18(10-11)9-7-14(19)12-5-2-6-13(16)15(12)17/h2,5-6,11H,3-4,7-10H2,1H3. The zero-order valence-electron chi connectivity index (χ0n) is 11.6. The molecule has 0 aromatic heterocycles. The van der Waals surface area contributed by atoms with Crippen LogP contribution in [0, 0.1) is 11.6 Å². The van der Waals surface area contributed by atoms with Crippen molar-refractivity contribution in [1.82, 2.24) is 4.90 Å². The molecule has 20 heavy (non-hydrogen) atoms. The molecule has 1 aromatic rings. The third kappa shape index (κ3) is 3.61. The normalized spacial score (nSPS) is 20.1. The second-order valence-electron chi connectivity index (χ2n) is 5.08. The number of nitrogens with zero attached hydrogens (tertiary/aromatic N) is 1. The summed E-state index contributed by atoms with van der Waals surface area (Å²) in [5, 5.41) is 0. The monoisotopic (exact) mass is 283 g/mol. The average Bonchev–Trinajstić information content (AvgIpc) is 2.48. The summed E-state index contributed by atoms with van der Waals surface area (Å²) in [5.41, 5.74) is -0.162. The molecule has 0 amide bonds. The van der Waals surface area contributed by atoms with E-state index >= 15 is 0 Å². The Morgan fingerprint density at radius 1 is 1.45 bits per heavy atom. The molecule has 1 fully saturated rings. The number of ether oxygens (including phenoxy) is 1. The lowest BCUT2D eigenvalue weighted by atomic mass is 10.0. The topological polar surface area (TPSA) is 29.5 Å². The number of carbonyl (C=O) groups excluding carboxylic acids is 1. The highest BCUT2D eigenvalue weighted by atomic mass is 19.2. The molecule has 1 aromatic carbocycles. The van der Waals surface area contributed by atoms with Gasteiger partial charge in [0.15, 0.2) is 17.4 Å². The minimum absolute atomic E-state index is 0.162. The smallest absolute Gasteiger partial charge is 0.169 e. The SMILES string of the molecule is COC1CCCN(CCC(=O)c2cccc(F)c2F)C1. The molecule has 110 valence electrons. The lowest BCUT2D eigenvalue weighted by molar-refractivity contribution is 0.0309. The van der Waals surface area contributed by atoms with Crippen molar-refractivity contribution in [2.24, 2.45) is 0 Å². The minimum Gasteiger partial charge on any atom is -0.380 e. The summed E-state index contributed by atoms with van der Waals surface area (Å²) in [6.07, 6.45) is 2.45. The molecular formula is C15H19F2NO2. The van der Waals surface area contributed by atoms with E-state index in [0.717, 1.165) is 32.0 Å². The Bertz CT molecular complexity index is 479. The fraction of sp³-hybridized carbons (Fsp3) is 0.533. The van der Waals surface area contributed by atoms with Gasteiger partial charge in [0.05, 0.1) is 11.7 Å². The van der Waals surface area contributed by atoms with Crippen LogP contribution in [0.5, 0.6) is 0 Å². The van der Waals surface area contributed by atoms with E-state index in [0.29, 0.717) is 6.54 Å². The number of Topliss-reactive ketones (excluding diaryl/α,β-unsaturated/α-hetero) is 1. The first-order valence-corrected chi connectivity index (χ1v) is 6.84. The summed E-state index contributed by atoms with van der Waals surface area (Å²) >= 11 is 0. The number of rotatable bonds is 5. The molecule has 1 atom stereocenters. The minimum atomic E-state index is -1.05. The predicted molar refractivity (Wildman–Crippen MR) is 71.8 cm³/mol. The summed E-state index contributed by atoms with van der Waals surface area (Å²) in [7, 11) is 1.68. The highest BCUT2D eigenvalue weighted by Gasteiger charge is 2.21. The first-order chi connectivity index (χ1) is 9.61. The van der Waals surface area contributed by atoms with Gasteiger partial charge in [-0.1, -0.05) is 6.07 Å². The Morgan fingerprint density at radius 2 is 2.25 bits per heavy atom. The third-order valence-electron chi connectivity index (χ3n) is 3.70. The van der Waals surface area contributed by atoms with Gasteiger partial charge in [-0.05, 0) is 31.5 Å². The zero-order valence-corrected chi connectivity index (χ0v) is 11.6. The number of piperidine rings is 1. The second-order valence-corrected chi connectivity index (χ2v) is 5.08. The Kier molecular flexibility index (Phi) is 5.20. The molecule has 0 bridgehead atoms. The van der Waals surface area contributed by atoms with E-state index in [1.165, 1.54) is 12.1 Å². The van der Waals surface area contributed by atoms with E-state index < -0.39 is 11.6 Å². The van der Waals surface area contributed by atoms with Crippen molar-refractivity contribution in [1.29, 1.82) is 0 Å². The van der Waals surface area contributed by atoms with Crippen molar-refractivity contribution in [2.45, 2.75) is 25.4 Å². The molecule has 0 spiro atoms. The Morgan fingerprint density at radius 3 is 3.00 bits per heavy atom. The van der Waals surface area contributed by atoms with Crippen molar-refractivity contribution in [3.05, 3.63) is 35.4 Å².